The third-order valence-electron chi connectivity index (χ3n) is 3.20. The third kappa shape index (κ3) is 2.39. The van der Waals surface area contributed by atoms with Crippen molar-refractivity contribution >= 4 is 22.4 Å². The second-order valence-corrected chi connectivity index (χ2v) is 5.50. The van der Waals surface area contributed by atoms with Crippen LogP contribution in [0.5, 0.6) is 5.75 Å². The first-order chi connectivity index (χ1) is 9.65. The van der Waals surface area contributed by atoms with E-state index in [2.05, 4.69) is 10.3 Å². The number of hydrogen-bond donors (Lipinski definition) is 2. The number of aliphatic hydroxyl groups excluding tert-OH is 1. The molecular weight excluding hydrogens is 276 g/mol. The molecule has 0 radical (unpaired) electrons. The van der Waals surface area contributed by atoms with Gasteiger partial charge in [-0.1, -0.05) is 18.2 Å². The number of nitrogens with one attached hydrogen (secondary N) is 1. The van der Waals surface area contributed by atoms with Crippen LogP contribution in [-0.4, -0.2) is 22.6 Å². The second kappa shape index (κ2) is 5.22. The number of para-hydroxylation sites is 1. The predicted molar refractivity (Wildman–Crippen MR) is 76.1 cm³/mol. The van der Waals surface area contributed by atoms with Crippen LogP contribution in [0.4, 0.5) is 5.13 Å². The fraction of sp³-hybridized carbons (Fsp3) is 0.286. The lowest BCUT2D eigenvalue weighted by Gasteiger charge is -2.07. The van der Waals surface area contributed by atoms with Gasteiger partial charge in [0.2, 0.25) is 5.91 Å². The Morgan fingerprint density at radius 1 is 1.55 bits per heavy atom. The molecule has 6 heteroatoms. The van der Waals surface area contributed by atoms with Gasteiger partial charge in [0.05, 0.1) is 11.8 Å². The summed E-state index contributed by atoms with van der Waals surface area (Å²) < 4.78 is 5.50. The quantitative estimate of drug-likeness (QED) is 0.910. The molecule has 104 valence electrons. The van der Waals surface area contributed by atoms with Gasteiger partial charge in [0.15, 0.2) is 5.13 Å². The largest absolute Gasteiger partial charge is 0.492 e. The van der Waals surface area contributed by atoms with Crippen LogP contribution in [0.2, 0.25) is 0 Å². The van der Waals surface area contributed by atoms with Crippen molar-refractivity contribution in [2.24, 2.45) is 0 Å². The highest BCUT2D eigenvalue weighted by molar-refractivity contribution is 7.13. The Hall–Kier alpha value is -1.92. The van der Waals surface area contributed by atoms with Crippen molar-refractivity contribution in [3.05, 3.63) is 40.9 Å². The summed E-state index contributed by atoms with van der Waals surface area (Å²) in [5.74, 6) is 0.308. The van der Waals surface area contributed by atoms with Crippen molar-refractivity contribution in [3.63, 3.8) is 0 Å². The lowest BCUT2D eigenvalue weighted by Crippen LogP contribution is -2.22. The second-order valence-electron chi connectivity index (χ2n) is 4.64. The Balaban J connectivity index is 1.74. The molecule has 1 aromatic heterocycles. The summed E-state index contributed by atoms with van der Waals surface area (Å²) in [4.78, 5) is 16.4. The van der Waals surface area contributed by atoms with E-state index in [1.807, 2.05) is 24.3 Å². The number of ether oxygens (including phenoxy) is 1. The number of amides is 1. The number of benzene rings is 1. The maximum atomic E-state index is 12.3. The molecule has 0 saturated carbocycles. The molecule has 5 nitrogen and oxygen atoms in total. The maximum Gasteiger partial charge on any atom is 0.237 e. The van der Waals surface area contributed by atoms with Gasteiger partial charge in [-0.15, -0.1) is 11.3 Å². The van der Waals surface area contributed by atoms with E-state index in [0.717, 1.165) is 11.3 Å². The van der Waals surface area contributed by atoms with E-state index < -0.39 is 6.10 Å². The Morgan fingerprint density at radius 2 is 2.35 bits per heavy atom. The van der Waals surface area contributed by atoms with Crippen molar-refractivity contribution in [1.82, 2.24) is 4.98 Å². The number of rotatable bonds is 3. The highest BCUT2D eigenvalue weighted by Gasteiger charge is 2.30. The Kier molecular flexibility index (Phi) is 3.42. The fourth-order valence-electron chi connectivity index (χ4n) is 2.11. The van der Waals surface area contributed by atoms with Crippen molar-refractivity contribution in [2.75, 3.05) is 11.9 Å². The van der Waals surface area contributed by atoms with Gasteiger partial charge in [0.1, 0.15) is 18.3 Å². The van der Waals surface area contributed by atoms with Gasteiger partial charge in [-0.2, -0.15) is 0 Å². The molecule has 2 N–H and O–H groups in total. The first kappa shape index (κ1) is 13.1. The van der Waals surface area contributed by atoms with Crippen LogP contribution in [0.25, 0.3) is 0 Å². The molecule has 2 atom stereocenters. The predicted octanol–water partition coefficient (Wildman–Crippen LogP) is 2.31. The minimum atomic E-state index is -0.632. The summed E-state index contributed by atoms with van der Waals surface area (Å²) in [6, 6.07) is 7.53. The number of carbonyl (C=O) groups is 1. The minimum absolute atomic E-state index is 0.138. The van der Waals surface area contributed by atoms with Crippen LogP contribution in [0.1, 0.15) is 30.2 Å². The molecular formula is C14H14N2O3S. The van der Waals surface area contributed by atoms with Gasteiger partial charge in [0, 0.05) is 10.9 Å². The van der Waals surface area contributed by atoms with E-state index in [0.29, 0.717) is 17.4 Å². The Labute approximate surface area is 120 Å². The molecule has 20 heavy (non-hydrogen) atoms. The smallest absolute Gasteiger partial charge is 0.237 e. The number of aromatic nitrogens is 1. The normalized spacial score (nSPS) is 18.2. The molecule has 0 bridgehead atoms. The van der Waals surface area contributed by atoms with E-state index >= 15 is 0 Å². The highest BCUT2D eigenvalue weighted by atomic mass is 32.1. The average molecular weight is 290 g/mol. The lowest BCUT2D eigenvalue weighted by atomic mass is 10.0. The number of nitrogens with zero attached hydrogens (tertiary/aromatic N) is 1. The zero-order valence-electron chi connectivity index (χ0n) is 10.9. The highest BCUT2D eigenvalue weighted by Crippen LogP contribution is 2.34. The van der Waals surface area contributed by atoms with Gasteiger partial charge < -0.3 is 15.2 Å². The minimum Gasteiger partial charge on any atom is -0.492 e. The summed E-state index contributed by atoms with van der Waals surface area (Å²) in [6.45, 7) is 1.99. The van der Waals surface area contributed by atoms with Crippen molar-refractivity contribution < 1.29 is 14.6 Å². The van der Waals surface area contributed by atoms with E-state index in [1.54, 1.807) is 12.3 Å². The molecule has 1 aromatic carbocycles. The molecule has 0 spiro atoms. The number of fused-ring (bicyclic) bond motifs is 1. The maximum absolute atomic E-state index is 12.3. The average Bonchev–Trinajstić information content (AvgIpc) is 3.04. The molecule has 0 aliphatic carbocycles. The number of thiazole rings is 1. The van der Waals surface area contributed by atoms with E-state index in [4.69, 9.17) is 4.74 Å². The summed E-state index contributed by atoms with van der Waals surface area (Å²) in [5, 5.41) is 14.4. The van der Waals surface area contributed by atoms with Gasteiger partial charge in [-0.25, -0.2) is 4.98 Å². The molecule has 3 rings (SSSR count). The van der Waals surface area contributed by atoms with Gasteiger partial charge >= 0.3 is 0 Å². The van der Waals surface area contributed by atoms with Gasteiger partial charge in [0.25, 0.3) is 0 Å². The lowest BCUT2D eigenvalue weighted by molar-refractivity contribution is -0.117. The molecule has 0 saturated heterocycles. The van der Waals surface area contributed by atoms with E-state index in [1.165, 1.54) is 11.3 Å². The summed E-state index contributed by atoms with van der Waals surface area (Å²) in [6.07, 6.45) is -0.632. The molecule has 2 aromatic rings. The molecule has 1 aliphatic heterocycles. The number of anilines is 1. The first-order valence-corrected chi connectivity index (χ1v) is 7.19. The van der Waals surface area contributed by atoms with Crippen LogP contribution in [0.3, 0.4) is 0 Å². The van der Waals surface area contributed by atoms with Crippen molar-refractivity contribution in [1.29, 1.82) is 0 Å². The summed E-state index contributed by atoms with van der Waals surface area (Å²) >= 11 is 1.30. The monoisotopic (exact) mass is 290 g/mol. The van der Waals surface area contributed by atoms with Crippen molar-refractivity contribution in [2.45, 2.75) is 18.9 Å². The molecule has 2 unspecified atom stereocenters. The van der Waals surface area contributed by atoms with Crippen LogP contribution in [-0.2, 0) is 4.79 Å². The zero-order valence-corrected chi connectivity index (χ0v) is 11.7. The summed E-state index contributed by atoms with van der Waals surface area (Å²) in [5.41, 5.74) is 1.46. The topological polar surface area (TPSA) is 71.5 Å². The Morgan fingerprint density at radius 3 is 3.10 bits per heavy atom. The SMILES string of the molecule is CC(O)c1csc(NC(=O)C2COc3ccccc32)n1. The zero-order chi connectivity index (χ0) is 14.1. The molecule has 0 fully saturated rings. The summed E-state index contributed by atoms with van der Waals surface area (Å²) in [7, 11) is 0. The third-order valence-corrected chi connectivity index (χ3v) is 3.97. The van der Waals surface area contributed by atoms with Crippen LogP contribution in [0.15, 0.2) is 29.6 Å². The van der Waals surface area contributed by atoms with Crippen molar-refractivity contribution in [3.8, 4) is 5.75 Å². The standard InChI is InChI=1S/C14H14N2O3S/c1-8(17)11-7-20-14(15-11)16-13(18)10-6-19-12-5-3-2-4-9(10)12/h2-5,7-8,10,17H,6H2,1H3,(H,15,16,18). The van der Waals surface area contributed by atoms with E-state index in [9.17, 15) is 9.90 Å². The Bertz CT molecular complexity index is 639. The van der Waals surface area contributed by atoms with E-state index in [-0.39, 0.29) is 11.8 Å². The number of hydrogen-bond acceptors (Lipinski definition) is 5. The van der Waals surface area contributed by atoms with Gasteiger partial charge in [-0.3, -0.25) is 4.79 Å². The van der Waals surface area contributed by atoms with Crippen LogP contribution >= 0.6 is 11.3 Å². The number of aliphatic hydroxyl groups is 1. The number of carbonyl (C=O) groups excluding carboxylic acids is 1. The van der Waals surface area contributed by atoms with Crippen LogP contribution in [0, 0.1) is 0 Å². The molecule has 1 aliphatic rings. The first-order valence-electron chi connectivity index (χ1n) is 6.31. The van der Waals surface area contributed by atoms with Gasteiger partial charge in [-0.05, 0) is 13.0 Å². The molecule has 1 amide bonds. The molecule has 2 heterocycles. The fourth-order valence-corrected chi connectivity index (χ4v) is 2.91. The van der Waals surface area contributed by atoms with Crippen LogP contribution < -0.4 is 10.1 Å².